The second kappa shape index (κ2) is 9.46. The van der Waals surface area contributed by atoms with E-state index in [4.69, 9.17) is 11.3 Å². The molecule has 2 heterocycles. The first-order valence-corrected chi connectivity index (χ1v) is 15.6. The molecule has 4 aromatic carbocycles. The third-order valence-corrected chi connectivity index (χ3v) is 13.0. The molecule has 0 bridgehead atoms. The van der Waals surface area contributed by atoms with Crippen LogP contribution in [0.4, 0.5) is 4.39 Å². The number of para-hydroxylation sites is 1. The van der Waals surface area contributed by atoms with E-state index >= 15 is 0 Å². The molecular weight excluding hydrogens is 626 g/mol. The topological polar surface area (TPSA) is 104 Å². The van der Waals surface area contributed by atoms with Crippen LogP contribution in [0, 0.1) is 13.0 Å². The Morgan fingerprint density at radius 1 is 0.684 bits per heavy atom. The molecule has 0 aliphatic heterocycles. The van der Waals surface area contributed by atoms with Crippen molar-refractivity contribution < 1.29 is 24.2 Å². The molecule has 0 fully saturated rings. The van der Waals surface area contributed by atoms with Crippen LogP contribution < -0.4 is 11.1 Å². The average Bonchev–Trinajstić information content (AvgIpc) is 2.92. The summed E-state index contributed by atoms with van der Waals surface area (Å²) in [4.78, 5) is 24.9. The summed E-state index contributed by atoms with van der Waals surface area (Å²) >= 11 is -3.33. The monoisotopic (exact) mass is 642 g/mol. The molecule has 0 unspecified atom stereocenters. The molecule has 190 valence electrons. The Morgan fingerprint density at radius 2 is 1.37 bits per heavy atom. The Labute approximate surface area is 222 Å². The van der Waals surface area contributed by atoms with Gasteiger partial charge in [-0.05, 0) is 0 Å². The third kappa shape index (κ3) is 4.51. The van der Waals surface area contributed by atoms with Gasteiger partial charge < -0.3 is 0 Å². The zero-order chi connectivity index (χ0) is 26.4. The Balaban J connectivity index is 1.55. The van der Waals surface area contributed by atoms with Gasteiger partial charge >= 0.3 is 223 Å². The summed E-state index contributed by atoms with van der Waals surface area (Å²) in [6.45, 7) is 0. The summed E-state index contributed by atoms with van der Waals surface area (Å²) in [5, 5.41) is 1.32. The van der Waals surface area contributed by atoms with Gasteiger partial charge in [0.1, 0.15) is 0 Å². The van der Waals surface area contributed by atoms with Gasteiger partial charge in [-0.1, -0.05) is 0 Å². The van der Waals surface area contributed by atoms with Crippen LogP contribution in [0.25, 0.3) is 32.9 Å². The normalized spacial score (nSPS) is 12.3. The maximum absolute atomic E-state index is 13.4. The molecule has 10 heteroatoms. The molecule has 0 amide bonds. The molecule has 0 aliphatic carbocycles. The van der Waals surface area contributed by atoms with Gasteiger partial charge in [0, 0.05) is 0 Å². The Kier molecular flexibility index (Phi) is 6.09. The number of rotatable bonds is 5. The van der Waals surface area contributed by atoms with Crippen molar-refractivity contribution in [2.24, 2.45) is 0 Å². The van der Waals surface area contributed by atoms with E-state index in [1.165, 1.54) is 6.07 Å². The standard InChI is InChI=1S/C28H16FIO7S/c29-18-7-11-21(12-8-18)38(33,34)37-30(20-9-5-17-6-14-27(31)36-26(17)16-20)19-10-13-25-23(15-19)28(32)22-3-1-2-4-24(22)35-25/h1-16H. The number of hydrogen-bond acceptors (Lipinski definition) is 7. The van der Waals surface area contributed by atoms with Crippen molar-refractivity contribution in [2.75, 3.05) is 0 Å². The quantitative estimate of drug-likeness (QED) is 0.128. The first-order valence-electron chi connectivity index (χ1n) is 11.2. The van der Waals surface area contributed by atoms with Crippen molar-refractivity contribution in [3.8, 4) is 0 Å². The molecule has 0 radical (unpaired) electrons. The molecule has 6 rings (SSSR count). The van der Waals surface area contributed by atoms with Crippen LogP contribution in [0.15, 0.2) is 120 Å². The summed E-state index contributed by atoms with van der Waals surface area (Å²) in [5.41, 5.74) is 0.244. The molecular formula is C28H16FIO7S. The van der Waals surface area contributed by atoms with E-state index in [9.17, 15) is 22.4 Å². The van der Waals surface area contributed by atoms with Crippen LogP contribution in [0.2, 0.25) is 0 Å². The van der Waals surface area contributed by atoms with E-state index in [0.717, 1.165) is 24.3 Å². The minimum atomic E-state index is -4.32. The third-order valence-electron chi connectivity index (χ3n) is 5.77. The molecule has 0 atom stereocenters. The Hall–Kier alpha value is -3.87. The fourth-order valence-electron chi connectivity index (χ4n) is 3.94. The Morgan fingerprint density at radius 3 is 2.18 bits per heavy atom. The molecule has 0 saturated heterocycles. The summed E-state index contributed by atoms with van der Waals surface area (Å²) in [5.74, 6) is -0.586. The fourth-order valence-corrected chi connectivity index (χ4v) is 11.0. The van der Waals surface area contributed by atoms with Crippen LogP contribution >= 0.6 is 20.2 Å². The molecule has 7 nitrogen and oxygen atoms in total. The second-order valence-electron chi connectivity index (χ2n) is 8.22. The molecule has 0 N–H and O–H groups in total. The van der Waals surface area contributed by atoms with Gasteiger partial charge in [0.15, 0.2) is 0 Å². The predicted molar refractivity (Wildman–Crippen MR) is 149 cm³/mol. The van der Waals surface area contributed by atoms with Crippen molar-refractivity contribution in [1.29, 1.82) is 0 Å². The van der Waals surface area contributed by atoms with Crippen molar-refractivity contribution in [1.82, 2.24) is 0 Å². The van der Waals surface area contributed by atoms with Gasteiger partial charge in [-0.2, -0.15) is 0 Å². The van der Waals surface area contributed by atoms with Crippen LogP contribution in [-0.4, -0.2) is 8.42 Å². The van der Waals surface area contributed by atoms with E-state index in [1.807, 2.05) is 0 Å². The maximum atomic E-state index is 13.4. The van der Waals surface area contributed by atoms with E-state index in [0.29, 0.717) is 29.1 Å². The second-order valence-corrected chi connectivity index (χ2v) is 14.7. The molecule has 38 heavy (non-hydrogen) atoms. The van der Waals surface area contributed by atoms with Gasteiger partial charge in [0.2, 0.25) is 0 Å². The summed E-state index contributed by atoms with van der Waals surface area (Å²) < 4.78 is 58.0. The van der Waals surface area contributed by atoms with Gasteiger partial charge in [-0.3, -0.25) is 0 Å². The van der Waals surface area contributed by atoms with E-state index in [-0.39, 0.29) is 21.3 Å². The van der Waals surface area contributed by atoms with E-state index in [2.05, 4.69) is 0 Å². The van der Waals surface area contributed by atoms with Crippen molar-refractivity contribution in [3.63, 3.8) is 0 Å². The zero-order valence-electron chi connectivity index (χ0n) is 19.3. The molecule has 0 saturated carbocycles. The fraction of sp³-hybridized carbons (Fsp3) is 0. The van der Waals surface area contributed by atoms with Crippen molar-refractivity contribution >= 4 is 63.3 Å². The van der Waals surface area contributed by atoms with Gasteiger partial charge in [0.25, 0.3) is 0 Å². The van der Waals surface area contributed by atoms with Crippen molar-refractivity contribution in [3.05, 3.63) is 131 Å². The van der Waals surface area contributed by atoms with Crippen LogP contribution in [0.5, 0.6) is 0 Å². The minimum absolute atomic E-state index is 0.209. The molecule has 2 aromatic heterocycles. The van der Waals surface area contributed by atoms with Gasteiger partial charge in [0.05, 0.1) is 0 Å². The van der Waals surface area contributed by atoms with Crippen LogP contribution in [0.1, 0.15) is 0 Å². The number of benzene rings is 4. The Bertz CT molecular complexity index is 2080. The molecule has 0 spiro atoms. The molecule has 0 aliphatic rings. The first kappa shape index (κ1) is 24.5. The van der Waals surface area contributed by atoms with Crippen LogP contribution in [0.3, 0.4) is 0 Å². The van der Waals surface area contributed by atoms with Gasteiger partial charge in [-0.25, -0.2) is 0 Å². The molecule has 6 aromatic rings. The first-order chi connectivity index (χ1) is 18.3. The van der Waals surface area contributed by atoms with E-state index in [1.54, 1.807) is 66.7 Å². The summed E-state index contributed by atoms with van der Waals surface area (Å²) in [6, 6.07) is 23.9. The summed E-state index contributed by atoms with van der Waals surface area (Å²) in [6.07, 6.45) is 0. The number of hydrogen-bond donors (Lipinski definition) is 0. The SMILES string of the molecule is O=c1ccc2ccc(I(OS(=O)(=O)c3ccc(F)cc3)c3ccc4oc5ccccc5c(=O)c4c3)cc2o1. The van der Waals surface area contributed by atoms with Gasteiger partial charge in [-0.15, -0.1) is 0 Å². The van der Waals surface area contributed by atoms with Crippen molar-refractivity contribution in [2.45, 2.75) is 4.90 Å². The van der Waals surface area contributed by atoms with E-state index < -0.39 is 41.8 Å². The zero-order valence-corrected chi connectivity index (χ0v) is 22.2. The predicted octanol–water partition coefficient (Wildman–Crippen LogP) is 6.06. The summed E-state index contributed by atoms with van der Waals surface area (Å²) in [7, 11) is -4.32. The average molecular weight is 642 g/mol. The van der Waals surface area contributed by atoms with Crippen LogP contribution in [-0.2, 0) is 12.6 Å². The number of halogens is 2. The number of fused-ring (bicyclic) bond motifs is 3.